The van der Waals surface area contributed by atoms with E-state index in [-0.39, 0.29) is 6.04 Å². The molecule has 2 nitrogen and oxygen atoms in total. The van der Waals surface area contributed by atoms with E-state index in [9.17, 15) is 0 Å². The van der Waals surface area contributed by atoms with Gasteiger partial charge in [-0.2, -0.15) is 0 Å². The fourth-order valence-corrected chi connectivity index (χ4v) is 3.15. The van der Waals surface area contributed by atoms with Crippen LogP contribution < -0.4 is 10.5 Å². The van der Waals surface area contributed by atoms with Crippen LogP contribution in [0.3, 0.4) is 0 Å². The highest BCUT2D eigenvalue weighted by Gasteiger charge is 2.20. The Bertz CT molecular complexity index is 396. The van der Waals surface area contributed by atoms with Crippen LogP contribution in [0.15, 0.2) is 18.2 Å². The van der Waals surface area contributed by atoms with Crippen molar-refractivity contribution < 1.29 is 4.74 Å². The highest BCUT2D eigenvalue weighted by molar-refractivity contribution is 5.39. The van der Waals surface area contributed by atoms with Crippen LogP contribution in [0.25, 0.3) is 0 Å². The number of benzene rings is 1. The van der Waals surface area contributed by atoms with E-state index in [1.807, 2.05) is 6.92 Å². The van der Waals surface area contributed by atoms with E-state index in [1.165, 1.54) is 43.2 Å². The minimum absolute atomic E-state index is 0.115. The summed E-state index contributed by atoms with van der Waals surface area (Å²) in [5, 5.41) is 0. The lowest BCUT2D eigenvalue weighted by molar-refractivity contribution is 0.307. The minimum Gasteiger partial charge on any atom is -0.494 e. The van der Waals surface area contributed by atoms with E-state index >= 15 is 0 Å². The molecule has 1 aliphatic carbocycles. The lowest BCUT2D eigenvalue weighted by atomic mass is 9.83. The Hall–Kier alpha value is -1.02. The van der Waals surface area contributed by atoms with Crippen LogP contribution in [-0.4, -0.2) is 6.61 Å². The lowest BCUT2D eigenvalue weighted by Gasteiger charge is -2.25. The highest BCUT2D eigenvalue weighted by atomic mass is 16.5. The van der Waals surface area contributed by atoms with E-state index in [0.29, 0.717) is 6.61 Å². The molecule has 2 rings (SSSR count). The van der Waals surface area contributed by atoms with Gasteiger partial charge in [0.25, 0.3) is 0 Å². The van der Waals surface area contributed by atoms with Crippen molar-refractivity contribution in [3.05, 3.63) is 29.3 Å². The Morgan fingerprint density at radius 3 is 2.68 bits per heavy atom. The topological polar surface area (TPSA) is 35.2 Å². The Morgan fingerprint density at radius 1 is 1.26 bits per heavy atom. The van der Waals surface area contributed by atoms with Crippen LogP contribution in [0.2, 0.25) is 0 Å². The molecule has 0 bridgehead atoms. The summed E-state index contributed by atoms with van der Waals surface area (Å²) in [4.78, 5) is 0. The van der Waals surface area contributed by atoms with Gasteiger partial charge in [0, 0.05) is 11.6 Å². The van der Waals surface area contributed by atoms with Gasteiger partial charge in [-0.05, 0) is 32.3 Å². The van der Waals surface area contributed by atoms with Crippen LogP contribution in [0, 0.1) is 12.8 Å². The van der Waals surface area contributed by atoms with Crippen LogP contribution in [0.4, 0.5) is 0 Å². The first-order valence-electron chi connectivity index (χ1n) is 7.69. The predicted molar refractivity (Wildman–Crippen MR) is 80.5 cm³/mol. The third-order valence-corrected chi connectivity index (χ3v) is 4.18. The first kappa shape index (κ1) is 14.4. The molecule has 0 saturated heterocycles. The quantitative estimate of drug-likeness (QED) is 0.854. The fourth-order valence-electron chi connectivity index (χ4n) is 3.15. The van der Waals surface area contributed by atoms with Crippen molar-refractivity contribution in [1.29, 1.82) is 0 Å². The van der Waals surface area contributed by atoms with Gasteiger partial charge >= 0.3 is 0 Å². The molecule has 0 amide bonds. The van der Waals surface area contributed by atoms with Crippen molar-refractivity contribution in [3.63, 3.8) is 0 Å². The number of ether oxygens (including phenoxy) is 1. The number of aryl methyl sites for hydroxylation is 1. The zero-order valence-electron chi connectivity index (χ0n) is 12.3. The summed E-state index contributed by atoms with van der Waals surface area (Å²) in [6.45, 7) is 4.84. The largest absolute Gasteiger partial charge is 0.494 e. The smallest absolute Gasteiger partial charge is 0.124 e. The first-order valence-corrected chi connectivity index (χ1v) is 7.69. The molecule has 1 atom stereocenters. The maximum Gasteiger partial charge on any atom is 0.124 e. The van der Waals surface area contributed by atoms with E-state index in [2.05, 4.69) is 25.1 Å². The summed E-state index contributed by atoms with van der Waals surface area (Å²) in [5.74, 6) is 1.77. The number of hydrogen-bond acceptors (Lipinski definition) is 2. The third kappa shape index (κ3) is 3.97. The maximum atomic E-state index is 6.45. The number of nitrogens with two attached hydrogens (primary N) is 1. The first-order chi connectivity index (χ1) is 9.20. The van der Waals surface area contributed by atoms with Crippen molar-refractivity contribution in [1.82, 2.24) is 0 Å². The average Bonchev–Trinajstić information content (AvgIpc) is 2.42. The van der Waals surface area contributed by atoms with Crippen LogP contribution in [0.1, 0.15) is 62.6 Å². The zero-order chi connectivity index (χ0) is 13.7. The van der Waals surface area contributed by atoms with Crippen molar-refractivity contribution in [2.45, 2.75) is 58.4 Å². The summed E-state index contributed by atoms with van der Waals surface area (Å²) in [6.07, 6.45) is 7.96. The molecule has 0 radical (unpaired) electrons. The molecule has 1 aromatic rings. The molecule has 1 saturated carbocycles. The Kier molecular flexibility index (Phi) is 5.26. The van der Waals surface area contributed by atoms with E-state index in [1.54, 1.807) is 0 Å². The van der Waals surface area contributed by atoms with Crippen molar-refractivity contribution in [2.75, 3.05) is 6.61 Å². The second-order valence-electron chi connectivity index (χ2n) is 5.82. The van der Waals surface area contributed by atoms with Crippen molar-refractivity contribution in [3.8, 4) is 5.75 Å². The van der Waals surface area contributed by atoms with E-state index in [4.69, 9.17) is 10.5 Å². The lowest BCUT2D eigenvalue weighted by Crippen LogP contribution is -2.18. The average molecular weight is 261 g/mol. The molecule has 0 spiro atoms. The molecule has 19 heavy (non-hydrogen) atoms. The zero-order valence-corrected chi connectivity index (χ0v) is 12.3. The van der Waals surface area contributed by atoms with Gasteiger partial charge < -0.3 is 10.5 Å². The monoisotopic (exact) mass is 261 g/mol. The summed E-state index contributed by atoms with van der Waals surface area (Å²) < 4.78 is 5.72. The fraction of sp³-hybridized carbons (Fsp3) is 0.647. The standard InChI is InChI=1S/C17H27NO/c1-3-19-17-10-9-13(2)11-15(17)16(18)12-14-7-5-4-6-8-14/h9-11,14,16H,3-8,12,18H2,1-2H3. The second kappa shape index (κ2) is 6.95. The van der Waals surface area contributed by atoms with Crippen LogP contribution >= 0.6 is 0 Å². The molecule has 1 aliphatic rings. The molecule has 2 N–H and O–H groups in total. The van der Waals surface area contributed by atoms with E-state index < -0.39 is 0 Å². The predicted octanol–water partition coefficient (Wildman–Crippen LogP) is 4.36. The molecule has 1 unspecified atom stereocenters. The summed E-state index contributed by atoms with van der Waals surface area (Å²) in [6, 6.07) is 6.47. The SMILES string of the molecule is CCOc1ccc(C)cc1C(N)CC1CCCCC1. The summed E-state index contributed by atoms with van der Waals surface area (Å²) in [5.41, 5.74) is 8.89. The van der Waals surface area contributed by atoms with E-state index in [0.717, 1.165) is 18.1 Å². The molecule has 2 heteroatoms. The highest BCUT2D eigenvalue weighted by Crippen LogP contribution is 2.34. The molecule has 106 valence electrons. The van der Waals surface area contributed by atoms with Crippen molar-refractivity contribution >= 4 is 0 Å². The van der Waals surface area contributed by atoms with Gasteiger partial charge in [-0.1, -0.05) is 49.8 Å². The van der Waals surface area contributed by atoms with Gasteiger partial charge in [0.1, 0.15) is 5.75 Å². The van der Waals surface area contributed by atoms with Gasteiger partial charge in [0.05, 0.1) is 6.61 Å². The molecular formula is C17H27NO. The third-order valence-electron chi connectivity index (χ3n) is 4.18. The second-order valence-corrected chi connectivity index (χ2v) is 5.82. The molecule has 1 aromatic carbocycles. The van der Waals surface area contributed by atoms with Gasteiger partial charge in [-0.25, -0.2) is 0 Å². The van der Waals surface area contributed by atoms with Gasteiger partial charge in [-0.15, -0.1) is 0 Å². The molecule has 0 aliphatic heterocycles. The van der Waals surface area contributed by atoms with Crippen LogP contribution in [-0.2, 0) is 0 Å². The Labute approximate surface area is 117 Å². The Morgan fingerprint density at radius 2 is 2.00 bits per heavy atom. The molecule has 0 aromatic heterocycles. The molecular weight excluding hydrogens is 234 g/mol. The summed E-state index contributed by atoms with van der Waals surface area (Å²) >= 11 is 0. The maximum absolute atomic E-state index is 6.45. The molecule has 1 fully saturated rings. The van der Waals surface area contributed by atoms with Crippen molar-refractivity contribution in [2.24, 2.45) is 11.7 Å². The normalized spacial score (nSPS) is 18.3. The molecule has 0 heterocycles. The van der Waals surface area contributed by atoms with Gasteiger partial charge in [-0.3, -0.25) is 0 Å². The Balaban J connectivity index is 2.07. The minimum atomic E-state index is 0.115. The number of hydrogen-bond donors (Lipinski definition) is 1. The summed E-state index contributed by atoms with van der Waals surface area (Å²) in [7, 11) is 0. The van der Waals surface area contributed by atoms with Gasteiger partial charge in [0.15, 0.2) is 0 Å². The van der Waals surface area contributed by atoms with Crippen LogP contribution in [0.5, 0.6) is 5.75 Å². The van der Waals surface area contributed by atoms with Gasteiger partial charge in [0.2, 0.25) is 0 Å². The number of rotatable bonds is 5.